The van der Waals surface area contributed by atoms with Gasteiger partial charge in [0, 0.05) is 17.8 Å². The molecule has 124 valence electrons. The second-order valence-electron chi connectivity index (χ2n) is 4.20. The maximum atomic E-state index is 11.6. The molecule has 1 rings (SSSR count). The molecule has 0 aliphatic rings. The number of hydrogen-bond acceptors (Lipinski definition) is 6. The van der Waals surface area contributed by atoms with Crippen molar-refractivity contribution in [2.75, 3.05) is 25.1 Å². The van der Waals surface area contributed by atoms with E-state index in [0.717, 1.165) is 12.2 Å². The first kappa shape index (κ1) is 18.2. The summed E-state index contributed by atoms with van der Waals surface area (Å²) < 4.78 is 14.6. The van der Waals surface area contributed by atoms with Crippen molar-refractivity contribution in [3.8, 4) is 5.75 Å². The minimum Gasteiger partial charge on any atom is -0.494 e. The Labute approximate surface area is 134 Å². The molecule has 0 saturated heterocycles. The Hall–Kier alpha value is -2.83. The van der Waals surface area contributed by atoms with Gasteiger partial charge in [-0.1, -0.05) is 0 Å². The highest BCUT2D eigenvalue weighted by Crippen LogP contribution is 2.15. The molecule has 0 atom stereocenters. The molecular formula is C16H19NO6. The first-order chi connectivity index (χ1) is 11.0. The average molecular weight is 321 g/mol. The summed E-state index contributed by atoms with van der Waals surface area (Å²) in [7, 11) is 0. The molecule has 7 nitrogen and oxygen atoms in total. The van der Waals surface area contributed by atoms with E-state index in [1.807, 2.05) is 6.92 Å². The average Bonchev–Trinajstić information content (AvgIpc) is 2.53. The summed E-state index contributed by atoms with van der Waals surface area (Å²) in [4.78, 5) is 33.9. The smallest absolute Gasteiger partial charge is 0.331 e. The Morgan fingerprint density at radius 1 is 0.957 bits per heavy atom. The first-order valence-electron chi connectivity index (χ1n) is 7.09. The van der Waals surface area contributed by atoms with Crippen LogP contribution in [0, 0.1) is 0 Å². The van der Waals surface area contributed by atoms with E-state index in [1.165, 1.54) is 0 Å². The summed E-state index contributed by atoms with van der Waals surface area (Å²) >= 11 is 0. The highest BCUT2D eigenvalue weighted by atomic mass is 16.5. The van der Waals surface area contributed by atoms with Crippen molar-refractivity contribution in [1.82, 2.24) is 0 Å². The summed E-state index contributed by atoms with van der Waals surface area (Å²) in [6, 6.07) is 6.77. The van der Waals surface area contributed by atoms with Gasteiger partial charge in [0.1, 0.15) is 5.75 Å². The molecule has 23 heavy (non-hydrogen) atoms. The number of ether oxygens (including phenoxy) is 3. The SMILES string of the molecule is CCOC(=O)/C=C/C(=O)OCC(=O)Nc1ccc(OCC)cc1. The zero-order chi connectivity index (χ0) is 17.1. The molecule has 0 saturated carbocycles. The lowest BCUT2D eigenvalue weighted by Gasteiger charge is -2.07. The summed E-state index contributed by atoms with van der Waals surface area (Å²) in [5.74, 6) is -1.25. The number of benzene rings is 1. The second-order valence-corrected chi connectivity index (χ2v) is 4.20. The van der Waals surface area contributed by atoms with Crippen LogP contribution in [-0.2, 0) is 23.9 Å². The van der Waals surface area contributed by atoms with Crippen LogP contribution in [0.5, 0.6) is 5.75 Å². The Balaban J connectivity index is 2.36. The van der Waals surface area contributed by atoms with Crippen molar-refractivity contribution in [2.24, 2.45) is 0 Å². The van der Waals surface area contributed by atoms with Crippen LogP contribution in [0.1, 0.15) is 13.8 Å². The van der Waals surface area contributed by atoms with Gasteiger partial charge in [0.2, 0.25) is 0 Å². The number of carbonyl (C=O) groups excluding carboxylic acids is 3. The van der Waals surface area contributed by atoms with E-state index in [2.05, 4.69) is 10.1 Å². The van der Waals surface area contributed by atoms with Gasteiger partial charge in [-0.15, -0.1) is 0 Å². The molecule has 7 heteroatoms. The number of anilines is 1. The molecule has 0 heterocycles. The largest absolute Gasteiger partial charge is 0.494 e. The molecule has 0 aliphatic heterocycles. The van der Waals surface area contributed by atoms with E-state index in [0.29, 0.717) is 18.0 Å². The Kier molecular flexibility index (Phi) is 7.91. The molecular weight excluding hydrogens is 302 g/mol. The van der Waals surface area contributed by atoms with Crippen LogP contribution in [0.15, 0.2) is 36.4 Å². The van der Waals surface area contributed by atoms with Gasteiger partial charge in [-0.25, -0.2) is 9.59 Å². The third-order valence-electron chi connectivity index (χ3n) is 2.44. The number of amides is 1. The van der Waals surface area contributed by atoms with Crippen LogP contribution in [0.25, 0.3) is 0 Å². The number of esters is 2. The standard InChI is InChI=1S/C16H19NO6/c1-3-21-13-7-5-12(6-8-13)17-14(18)11-23-16(20)10-9-15(19)22-4-2/h5-10H,3-4,11H2,1-2H3,(H,17,18)/b10-9+. The molecule has 1 aromatic carbocycles. The highest BCUT2D eigenvalue weighted by Gasteiger charge is 2.06. The summed E-state index contributed by atoms with van der Waals surface area (Å²) in [5.41, 5.74) is 0.552. The molecule has 0 fully saturated rings. The van der Waals surface area contributed by atoms with Crippen molar-refractivity contribution in [1.29, 1.82) is 0 Å². The number of rotatable bonds is 8. The van der Waals surface area contributed by atoms with Crippen molar-refractivity contribution >= 4 is 23.5 Å². The van der Waals surface area contributed by atoms with E-state index >= 15 is 0 Å². The van der Waals surface area contributed by atoms with Crippen molar-refractivity contribution in [2.45, 2.75) is 13.8 Å². The van der Waals surface area contributed by atoms with Gasteiger partial charge >= 0.3 is 11.9 Å². The van der Waals surface area contributed by atoms with E-state index in [9.17, 15) is 14.4 Å². The fraction of sp³-hybridized carbons (Fsp3) is 0.312. The zero-order valence-electron chi connectivity index (χ0n) is 13.0. The number of hydrogen-bond donors (Lipinski definition) is 1. The van der Waals surface area contributed by atoms with Gasteiger partial charge in [-0.3, -0.25) is 4.79 Å². The third-order valence-corrected chi connectivity index (χ3v) is 2.44. The van der Waals surface area contributed by atoms with Crippen LogP contribution in [0.4, 0.5) is 5.69 Å². The maximum Gasteiger partial charge on any atom is 0.331 e. The summed E-state index contributed by atoms with van der Waals surface area (Å²) in [5, 5.41) is 2.56. The lowest BCUT2D eigenvalue weighted by molar-refractivity contribution is -0.143. The minimum absolute atomic E-state index is 0.211. The van der Waals surface area contributed by atoms with Gasteiger partial charge in [0.05, 0.1) is 13.2 Å². The van der Waals surface area contributed by atoms with Crippen LogP contribution >= 0.6 is 0 Å². The van der Waals surface area contributed by atoms with Crippen LogP contribution in [0.2, 0.25) is 0 Å². The van der Waals surface area contributed by atoms with Crippen molar-refractivity contribution < 1.29 is 28.6 Å². The van der Waals surface area contributed by atoms with Gasteiger partial charge in [0.25, 0.3) is 5.91 Å². The van der Waals surface area contributed by atoms with E-state index in [4.69, 9.17) is 9.47 Å². The molecule has 0 aromatic heterocycles. The van der Waals surface area contributed by atoms with Crippen LogP contribution < -0.4 is 10.1 Å². The Bertz CT molecular complexity index is 564. The molecule has 0 spiro atoms. The third kappa shape index (κ3) is 7.66. The monoisotopic (exact) mass is 321 g/mol. The topological polar surface area (TPSA) is 90.9 Å². The number of carbonyl (C=O) groups is 3. The van der Waals surface area contributed by atoms with Gasteiger partial charge < -0.3 is 19.5 Å². The predicted octanol–water partition coefficient (Wildman–Crippen LogP) is 1.69. The lowest BCUT2D eigenvalue weighted by Crippen LogP contribution is -2.20. The van der Waals surface area contributed by atoms with E-state index in [1.54, 1.807) is 31.2 Å². The van der Waals surface area contributed by atoms with Crippen LogP contribution in [-0.4, -0.2) is 37.7 Å². The normalized spacial score (nSPS) is 10.2. The fourth-order valence-electron chi connectivity index (χ4n) is 1.51. The minimum atomic E-state index is -0.806. The molecule has 0 unspecified atom stereocenters. The van der Waals surface area contributed by atoms with Crippen molar-refractivity contribution in [3.63, 3.8) is 0 Å². The van der Waals surface area contributed by atoms with E-state index < -0.39 is 24.5 Å². The molecule has 0 bridgehead atoms. The number of nitrogens with one attached hydrogen (secondary N) is 1. The summed E-state index contributed by atoms with van der Waals surface area (Å²) in [6.45, 7) is 3.83. The highest BCUT2D eigenvalue weighted by molar-refractivity contribution is 5.95. The van der Waals surface area contributed by atoms with Gasteiger partial charge in [0.15, 0.2) is 6.61 Å². The lowest BCUT2D eigenvalue weighted by atomic mass is 10.3. The molecule has 0 aliphatic carbocycles. The zero-order valence-corrected chi connectivity index (χ0v) is 13.0. The van der Waals surface area contributed by atoms with Crippen molar-refractivity contribution in [3.05, 3.63) is 36.4 Å². The Morgan fingerprint density at radius 2 is 1.57 bits per heavy atom. The van der Waals surface area contributed by atoms with E-state index in [-0.39, 0.29) is 6.61 Å². The second kappa shape index (κ2) is 9.99. The quantitative estimate of drug-likeness (QED) is 0.579. The predicted molar refractivity (Wildman–Crippen MR) is 83.0 cm³/mol. The summed E-state index contributed by atoms with van der Waals surface area (Å²) in [6.07, 6.45) is 1.85. The van der Waals surface area contributed by atoms with Crippen LogP contribution in [0.3, 0.4) is 0 Å². The molecule has 1 N–H and O–H groups in total. The first-order valence-corrected chi connectivity index (χ1v) is 7.09. The fourth-order valence-corrected chi connectivity index (χ4v) is 1.51. The Morgan fingerprint density at radius 3 is 2.13 bits per heavy atom. The molecule has 1 amide bonds. The maximum absolute atomic E-state index is 11.6. The molecule has 0 radical (unpaired) electrons. The van der Waals surface area contributed by atoms with Gasteiger partial charge in [-0.2, -0.15) is 0 Å². The molecule has 1 aromatic rings. The van der Waals surface area contributed by atoms with Gasteiger partial charge in [-0.05, 0) is 38.1 Å².